The smallest absolute Gasteiger partial charge is 0.337 e. The van der Waals surface area contributed by atoms with Crippen LogP contribution in [0.1, 0.15) is 54.4 Å². The first kappa shape index (κ1) is 37.5. The molecule has 4 aromatic carbocycles. The van der Waals surface area contributed by atoms with Crippen LogP contribution in [0.15, 0.2) is 107 Å². The van der Waals surface area contributed by atoms with Gasteiger partial charge in [0.2, 0.25) is 11.8 Å². The zero-order chi connectivity index (χ0) is 35.9. The van der Waals surface area contributed by atoms with Gasteiger partial charge in [-0.1, -0.05) is 59.7 Å². The molecular formula is C38H34CoN6O6. The number of para-hydroxylation sites is 2. The number of aromatic hydroxyl groups is 2. The average Bonchev–Trinajstić information content (AvgIpc) is 3.56. The number of aryl methyl sites for hydroxylation is 4. The van der Waals surface area contributed by atoms with Crippen LogP contribution < -0.4 is 0 Å². The molecule has 0 amide bonds. The summed E-state index contributed by atoms with van der Waals surface area (Å²) in [7, 11) is 0. The van der Waals surface area contributed by atoms with Gasteiger partial charge >= 0.3 is 11.9 Å². The van der Waals surface area contributed by atoms with E-state index in [1.807, 2.05) is 74.5 Å². The Morgan fingerprint density at radius 2 is 0.941 bits per heavy atom. The van der Waals surface area contributed by atoms with Crippen molar-refractivity contribution in [2.45, 2.75) is 27.7 Å². The minimum Gasteiger partial charge on any atom is -0.493 e. The molecule has 0 spiro atoms. The second-order valence-corrected chi connectivity index (χ2v) is 11.3. The Labute approximate surface area is 303 Å². The Balaban J connectivity index is 0.000000224. The molecule has 13 heteroatoms. The Morgan fingerprint density at radius 1 is 0.588 bits per heavy atom. The standard InChI is InChI=1S/2C19H17N3O3.Co/c2*1-12-8-9-17(15(10-12)19(24)25)20-11-16-13(2)21-22(18(16)23)14-6-4-3-5-7-14;/h2*3-11,23H,1-2H3,(H,24,25);. The second kappa shape index (κ2) is 16.4. The summed E-state index contributed by atoms with van der Waals surface area (Å²) >= 11 is 0. The van der Waals surface area contributed by atoms with E-state index in [4.69, 9.17) is 0 Å². The zero-order valence-electron chi connectivity index (χ0n) is 28.0. The van der Waals surface area contributed by atoms with Gasteiger partial charge in [0.1, 0.15) is 0 Å². The van der Waals surface area contributed by atoms with Gasteiger partial charge in [0, 0.05) is 29.2 Å². The summed E-state index contributed by atoms with van der Waals surface area (Å²) in [6, 6.07) is 28.5. The molecule has 0 aliphatic rings. The van der Waals surface area contributed by atoms with E-state index in [1.165, 1.54) is 21.8 Å². The second-order valence-electron chi connectivity index (χ2n) is 11.3. The van der Waals surface area contributed by atoms with E-state index < -0.39 is 11.9 Å². The number of hydrogen-bond donors (Lipinski definition) is 4. The molecule has 0 fully saturated rings. The van der Waals surface area contributed by atoms with Gasteiger partial charge in [0.05, 0.1) is 56.4 Å². The molecule has 0 saturated carbocycles. The van der Waals surface area contributed by atoms with Gasteiger partial charge in [-0.15, -0.1) is 0 Å². The molecule has 0 aliphatic heterocycles. The van der Waals surface area contributed by atoms with Crippen LogP contribution in [0.25, 0.3) is 11.4 Å². The van der Waals surface area contributed by atoms with Gasteiger partial charge in [-0.05, 0) is 76.2 Å². The van der Waals surface area contributed by atoms with Crippen LogP contribution in [0.2, 0.25) is 0 Å². The topological polar surface area (TPSA) is 175 Å². The van der Waals surface area contributed by atoms with E-state index in [2.05, 4.69) is 20.2 Å². The summed E-state index contributed by atoms with van der Waals surface area (Å²) in [6.07, 6.45) is 2.88. The number of aromatic carboxylic acids is 2. The molecule has 0 atom stereocenters. The van der Waals surface area contributed by atoms with Crippen LogP contribution in [-0.4, -0.2) is 64.4 Å². The Kier molecular flexibility index (Phi) is 12.1. The van der Waals surface area contributed by atoms with Crippen LogP contribution >= 0.6 is 0 Å². The Bertz CT molecular complexity index is 2090. The summed E-state index contributed by atoms with van der Waals surface area (Å²) < 4.78 is 2.84. The van der Waals surface area contributed by atoms with Crippen molar-refractivity contribution in [3.05, 3.63) is 142 Å². The normalized spacial score (nSPS) is 10.9. The van der Waals surface area contributed by atoms with E-state index in [0.717, 1.165) is 22.5 Å². The number of aromatic nitrogens is 4. The van der Waals surface area contributed by atoms with Crippen LogP contribution in [0.4, 0.5) is 11.4 Å². The van der Waals surface area contributed by atoms with Gasteiger partial charge in [0.15, 0.2) is 0 Å². The third kappa shape index (κ3) is 8.65. The van der Waals surface area contributed by atoms with Crippen LogP contribution in [0.3, 0.4) is 0 Å². The molecule has 2 aromatic heterocycles. The summed E-state index contributed by atoms with van der Waals surface area (Å²) in [5, 5.41) is 48.2. The van der Waals surface area contributed by atoms with Crippen molar-refractivity contribution in [2.75, 3.05) is 0 Å². The maximum atomic E-state index is 11.4. The van der Waals surface area contributed by atoms with E-state index >= 15 is 0 Å². The third-order valence-corrected chi connectivity index (χ3v) is 7.59. The summed E-state index contributed by atoms with van der Waals surface area (Å²) in [5.41, 5.74) is 6.08. The fraction of sp³-hybridized carbons (Fsp3) is 0.105. The number of benzene rings is 4. The average molecular weight is 730 g/mol. The number of nitrogens with zero attached hydrogens (tertiary/aromatic N) is 6. The molecule has 2 heterocycles. The summed E-state index contributed by atoms with van der Waals surface area (Å²) in [4.78, 5) is 31.2. The van der Waals surface area contributed by atoms with E-state index in [9.17, 15) is 30.0 Å². The molecule has 1 radical (unpaired) electrons. The van der Waals surface area contributed by atoms with Gasteiger partial charge in [-0.25, -0.2) is 19.0 Å². The fourth-order valence-electron chi connectivity index (χ4n) is 4.99. The maximum Gasteiger partial charge on any atom is 0.337 e. The first-order chi connectivity index (χ1) is 23.9. The minimum absolute atomic E-state index is 0. The molecule has 0 aliphatic carbocycles. The van der Waals surface area contributed by atoms with Crippen LogP contribution in [-0.2, 0) is 16.8 Å². The van der Waals surface area contributed by atoms with E-state index in [1.54, 1.807) is 50.2 Å². The Morgan fingerprint density at radius 3 is 1.27 bits per heavy atom. The molecule has 12 nitrogen and oxygen atoms in total. The van der Waals surface area contributed by atoms with Gasteiger partial charge < -0.3 is 20.4 Å². The van der Waals surface area contributed by atoms with Gasteiger partial charge in [0.25, 0.3) is 0 Å². The minimum atomic E-state index is -1.04. The van der Waals surface area contributed by atoms with Crippen molar-refractivity contribution in [3.63, 3.8) is 0 Å². The van der Waals surface area contributed by atoms with Crippen molar-refractivity contribution in [3.8, 4) is 23.1 Å². The van der Waals surface area contributed by atoms with Crippen molar-refractivity contribution < 1.29 is 46.8 Å². The van der Waals surface area contributed by atoms with Crippen LogP contribution in [0, 0.1) is 27.7 Å². The third-order valence-electron chi connectivity index (χ3n) is 7.59. The molecular weight excluding hydrogens is 695 g/mol. The van der Waals surface area contributed by atoms with Crippen molar-refractivity contribution in [1.29, 1.82) is 0 Å². The van der Waals surface area contributed by atoms with E-state index in [0.29, 0.717) is 33.9 Å². The van der Waals surface area contributed by atoms with Crippen LogP contribution in [0.5, 0.6) is 11.8 Å². The molecule has 4 N–H and O–H groups in total. The largest absolute Gasteiger partial charge is 0.493 e. The van der Waals surface area contributed by atoms with Crippen molar-refractivity contribution in [2.24, 2.45) is 9.98 Å². The quantitative estimate of drug-likeness (QED) is 0.118. The van der Waals surface area contributed by atoms with Gasteiger partial charge in [-0.3, -0.25) is 9.98 Å². The predicted octanol–water partition coefficient (Wildman–Crippen LogP) is 7.28. The SMILES string of the molecule is Cc1ccc(N=Cc2c(C)nn(-c3ccccc3)c2O)c(C(=O)O)c1.Cc1ccc(N=Cc2c(C)nn(-c3ccccc3)c2O)c(C(=O)O)c1.[Co]. The molecule has 51 heavy (non-hydrogen) atoms. The number of carboxylic acid groups (broad SMARTS) is 2. The zero-order valence-corrected chi connectivity index (χ0v) is 29.1. The fourth-order valence-corrected chi connectivity index (χ4v) is 4.99. The first-order valence-electron chi connectivity index (χ1n) is 15.4. The number of aliphatic imine (C=N–C) groups is 2. The molecule has 0 unspecified atom stereocenters. The number of rotatable bonds is 8. The van der Waals surface area contributed by atoms with Gasteiger partial charge in [-0.2, -0.15) is 10.2 Å². The molecule has 6 aromatic rings. The molecule has 261 valence electrons. The van der Waals surface area contributed by atoms with Crippen molar-refractivity contribution in [1.82, 2.24) is 19.6 Å². The maximum absolute atomic E-state index is 11.4. The molecule has 0 saturated heterocycles. The van der Waals surface area contributed by atoms with E-state index in [-0.39, 0.29) is 39.7 Å². The monoisotopic (exact) mass is 729 g/mol. The summed E-state index contributed by atoms with van der Waals surface area (Å²) in [5.74, 6) is -2.18. The molecule has 0 bridgehead atoms. The number of hydrogen-bond acceptors (Lipinski definition) is 8. The number of carboxylic acids is 2. The first-order valence-corrected chi connectivity index (χ1v) is 15.4. The van der Waals surface area contributed by atoms with Crippen molar-refractivity contribution >= 4 is 35.7 Å². The Hall–Kier alpha value is -6.31. The predicted molar refractivity (Wildman–Crippen MR) is 191 cm³/mol. The molecule has 6 rings (SSSR count). The summed E-state index contributed by atoms with van der Waals surface area (Å²) in [6.45, 7) is 7.15. The number of carbonyl (C=O) groups is 2.